The molecule has 0 saturated carbocycles. The van der Waals surface area contributed by atoms with Crippen molar-refractivity contribution in [3.05, 3.63) is 185 Å². The first-order valence-electron chi connectivity index (χ1n) is 16.0. The monoisotopic (exact) mass is 586 g/mol. The van der Waals surface area contributed by atoms with Crippen LogP contribution in [0.15, 0.2) is 156 Å². The number of ether oxygens (including phenoxy) is 1. The van der Waals surface area contributed by atoms with Crippen LogP contribution in [0.4, 0.5) is 0 Å². The topological polar surface area (TPSA) is 34.0 Å². The molecule has 0 radical (unpaired) electrons. The van der Waals surface area contributed by atoms with Crippen LogP contribution in [-0.4, -0.2) is 17.7 Å². The maximum atomic E-state index is 6.52. The third-order valence-corrected chi connectivity index (χ3v) is 10.6. The summed E-state index contributed by atoms with van der Waals surface area (Å²) in [4.78, 5) is 10.6. The molecular formula is C43H26N2O. The van der Waals surface area contributed by atoms with Crippen molar-refractivity contribution < 1.29 is 4.74 Å². The summed E-state index contributed by atoms with van der Waals surface area (Å²) < 4.78 is 6.52. The summed E-state index contributed by atoms with van der Waals surface area (Å²) in [5, 5.41) is 5.31. The van der Waals surface area contributed by atoms with Gasteiger partial charge in [-0.15, -0.1) is 0 Å². The highest BCUT2D eigenvalue weighted by molar-refractivity contribution is 6.19. The van der Waals surface area contributed by atoms with Gasteiger partial charge in [0, 0.05) is 11.1 Å². The maximum absolute atomic E-state index is 6.52. The highest BCUT2D eigenvalue weighted by Gasteiger charge is 2.51. The summed E-state index contributed by atoms with van der Waals surface area (Å²) in [5.41, 5.74) is 11.6. The molecule has 2 aliphatic carbocycles. The molecule has 214 valence electrons. The quantitative estimate of drug-likeness (QED) is 0.186. The Morgan fingerprint density at radius 3 is 2.00 bits per heavy atom. The number of rotatable bonds is 2. The number of benzene rings is 7. The Kier molecular flexibility index (Phi) is 4.62. The molecule has 3 nitrogen and oxygen atoms in total. The largest absolute Gasteiger partial charge is 0.481 e. The summed E-state index contributed by atoms with van der Waals surface area (Å²) in [5.74, 6) is 1.64. The van der Waals surface area contributed by atoms with E-state index in [0.717, 1.165) is 34.0 Å². The van der Waals surface area contributed by atoms with Crippen molar-refractivity contribution in [3.63, 3.8) is 0 Å². The van der Waals surface area contributed by atoms with E-state index in [1.54, 1.807) is 0 Å². The summed E-state index contributed by atoms with van der Waals surface area (Å²) in [6, 6.07) is 52.6. The summed E-state index contributed by atoms with van der Waals surface area (Å²) in [6.45, 7) is 0. The molecule has 0 amide bonds. The highest BCUT2D eigenvalue weighted by Crippen LogP contribution is 2.62. The lowest BCUT2D eigenvalue weighted by molar-refractivity contribution is 0.275. The predicted octanol–water partition coefficient (Wildman–Crippen LogP) is 9.42. The van der Waals surface area contributed by atoms with Gasteiger partial charge in [-0.3, -0.25) is 4.99 Å². The Morgan fingerprint density at radius 2 is 1.20 bits per heavy atom. The van der Waals surface area contributed by atoms with E-state index in [4.69, 9.17) is 14.7 Å². The zero-order valence-electron chi connectivity index (χ0n) is 24.8. The van der Waals surface area contributed by atoms with Crippen LogP contribution < -0.4 is 4.74 Å². The number of aliphatic imine (C=N–C) groups is 2. The Hall–Kier alpha value is -5.80. The van der Waals surface area contributed by atoms with Crippen LogP contribution >= 0.6 is 0 Å². The molecule has 0 aromatic heterocycles. The minimum absolute atomic E-state index is 0.156. The Morgan fingerprint density at radius 1 is 0.522 bits per heavy atom. The van der Waals surface area contributed by atoms with Crippen LogP contribution in [-0.2, 0) is 5.41 Å². The first-order valence-corrected chi connectivity index (χ1v) is 16.0. The average Bonchev–Trinajstić information content (AvgIpc) is 3.75. The minimum atomic E-state index is -0.419. The van der Waals surface area contributed by atoms with Gasteiger partial charge >= 0.3 is 0 Å². The average molecular weight is 587 g/mol. The molecule has 0 bridgehead atoms. The second kappa shape index (κ2) is 8.68. The van der Waals surface area contributed by atoms with Gasteiger partial charge in [-0.2, -0.15) is 0 Å². The molecule has 1 spiro atoms. The normalized spacial score (nSPS) is 19.0. The van der Waals surface area contributed by atoms with Gasteiger partial charge in [0.1, 0.15) is 11.8 Å². The first kappa shape index (κ1) is 24.5. The summed E-state index contributed by atoms with van der Waals surface area (Å²) in [7, 11) is 0. The number of nitrogens with zero attached hydrogens (tertiary/aromatic N) is 2. The predicted molar refractivity (Wildman–Crippen MR) is 185 cm³/mol. The first-order chi connectivity index (χ1) is 22.8. The lowest BCUT2D eigenvalue weighted by atomic mass is 9.70. The van der Waals surface area contributed by atoms with Crippen molar-refractivity contribution in [1.29, 1.82) is 0 Å². The molecule has 46 heavy (non-hydrogen) atoms. The SMILES string of the molecule is c1ccc(C2=NC(c3ccc4c(c3)C3(c5ccccc5-4)c4cccc5ccc6cccc3c6c45)=NC3c4ccccc4OC23)cc1. The van der Waals surface area contributed by atoms with Gasteiger partial charge in [0.2, 0.25) is 0 Å². The van der Waals surface area contributed by atoms with E-state index in [1.807, 2.05) is 18.2 Å². The van der Waals surface area contributed by atoms with E-state index < -0.39 is 5.41 Å². The fraction of sp³-hybridized carbons (Fsp3) is 0.0698. The van der Waals surface area contributed by atoms with Crippen molar-refractivity contribution in [2.75, 3.05) is 0 Å². The molecule has 7 aromatic rings. The van der Waals surface area contributed by atoms with Gasteiger partial charge in [-0.1, -0.05) is 133 Å². The number of fused-ring (bicyclic) bond motifs is 10. The number of amidine groups is 1. The fourth-order valence-corrected chi connectivity index (χ4v) is 8.78. The van der Waals surface area contributed by atoms with Crippen LogP contribution in [0, 0.1) is 0 Å². The molecule has 0 N–H and O–H groups in total. The van der Waals surface area contributed by atoms with E-state index in [1.165, 1.54) is 54.9 Å². The van der Waals surface area contributed by atoms with Crippen LogP contribution in [0.25, 0.3) is 32.7 Å². The van der Waals surface area contributed by atoms with Crippen molar-refractivity contribution in [2.24, 2.45) is 9.98 Å². The van der Waals surface area contributed by atoms with E-state index >= 15 is 0 Å². The Bertz CT molecular complexity index is 2460. The summed E-state index contributed by atoms with van der Waals surface area (Å²) >= 11 is 0. The van der Waals surface area contributed by atoms with E-state index in [9.17, 15) is 0 Å². The van der Waals surface area contributed by atoms with Crippen LogP contribution in [0.2, 0.25) is 0 Å². The minimum Gasteiger partial charge on any atom is -0.481 e. The van der Waals surface area contributed by atoms with Crippen LogP contribution in [0.3, 0.4) is 0 Å². The van der Waals surface area contributed by atoms with Crippen LogP contribution in [0.1, 0.15) is 45.0 Å². The molecule has 2 atom stereocenters. The van der Waals surface area contributed by atoms with Crippen molar-refractivity contribution in [3.8, 4) is 16.9 Å². The standard InChI is InChI=1S/C43H26N2O/c1-2-10-27(11-3-1)39-41-40(31-15-5-7-19-36(31)46-41)45-42(44-39)28-22-23-30-29-14-4-6-16-32(29)43(35(30)24-28)33-17-8-12-25-20-21-26-13-9-18-34(43)38(26)37(25)33/h1-24,40-41H. The smallest absolute Gasteiger partial charge is 0.168 e. The Labute approximate surface area is 266 Å². The Balaban J connectivity index is 1.19. The zero-order valence-corrected chi connectivity index (χ0v) is 24.8. The van der Waals surface area contributed by atoms with Gasteiger partial charge in [0.05, 0.1) is 11.1 Å². The van der Waals surface area contributed by atoms with Crippen molar-refractivity contribution in [2.45, 2.75) is 17.6 Å². The van der Waals surface area contributed by atoms with Gasteiger partial charge in [0.15, 0.2) is 11.9 Å². The second-order valence-electron chi connectivity index (χ2n) is 12.8. The highest BCUT2D eigenvalue weighted by atomic mass is 16.5. The van der Waals surface area contributed by atoms with E-state index in [2.05, 4.69) is 127 Å². The zero-order chi connectivity index (χ0) is 30.0. The van der Waals surface area contributed by atoms with Crippen molar-refractivity contribution in [1.82, 2.24) is 0 Å². The second-order valence-corrected chi connectivity index (χ2v) is 12.8. The van der Waals surface area contributed by atoms with Gasteiger partial charge in [0.25, 0.3) is 0 Å². The lowest BCUT2D eigenvalue weighted by Crippen LogP contribution is -2.34. The molecule has 3 heteroatoms. The van der Waals surface area contributed by atoms with Gasteiger partial charge < -0.3 is 4.74 Å². The third kappa shape index (κ3) is 2.94. The number of hydrogen-bond acceptors (Lipinski definition) is 3. The molecular weight excluding hydrogens is 560 g/mol. The lowest BCUT2D eigenvalue weighted by Gasteiger charge is -2.31. The third-order valence-electron chi connectivity index (χ3n) is 10.6. The number of hydrogen-bond donors (Lipinski definition) is 0. The number of para-hydroxylation sites is 1. The van der Waals surface area contributed by atoms with Crippen LogP contribution in [0.5, 0.6) is 5.75 Å². The molecule has 11 rings (SSSR count). The molecule has 4 aliphatic rings. The molecule has 0 saturated heterocycles. The van der Waals surface area contributed by atoms with E-state index in [-0.39, 0.29) is 12.1 Å². The van der Waals surface area contributed by atoms with Gasteiger partial charge in [-0.25, -0.2) is 4.99 Å². The molecule has 2 unspecified atom stereocenters. The van der Waals surface area contributed by atoms with Gasteiger partial charge in [-0.05, 0) is 72.6 Å². The fourth-order valence-electron chi connectivity index (χ4n) is 8.78. The molecule has 2 aliphatic heterocycles. The maximum Gasteiger partial charge on any atom is 0.168 e. The molecule has 2 heterocycles. The molecule has 7 aromatic carbocycles. The summed E-state index contributed by atoms with van der Waals surface area (Å²) in [6.07, 6.45) is -0.256. The van der Waals surface area contributed by atoms with E-state index in [0.29, 0.717) is 0 Å². The van der Waals surface area contributed by atoms with Crippen molar-refractivity contribution >= 4 is 33.1 Å². The molecule has 0 fully saturated rings.